The molecule has 20 heavy (non-hydrogen) atoms. The lowest BCUT2D eigenvalue weighted by molar-refractivity contribution is 0.209. The highest BCUT2D eigenvalue weighted by Crippen LogP contribution is 2.19. The summed E-state index contributed by atoms with van der Waals surface area (Å²) in [5, 5.41) is 0. The third-order valence-electron chi connectivity index (χ3n) is 2.66. The van der Waals surface area contributed by atoms with E-state index in [0.29, 0.717) is 12.3 Å². The molecule has 0 aliphatic rings. The zero-order chi connectivity index (χ0) is 14.4. The van der Waals surface area contributed by atoms with E-state index in [1.807, 2.05) is 18.2 Å². The van der Waals surface area contributed by atoms with Gasteiger partial charge in [-0.3, -0.25) is 0 Å². The molecule has 0 atom stereocenters. The van der Waals surface area contributed by atoms with Crippen LogP contribution in [-0.2, 0) is 6.54 Å². The van der Waals surface area contributed by atoms with E-state index in [1.54, 1.807) is 6.07 Å². The summed E-state index contributed by atoms with van der Waals surface area (Å²) in [7, 11) is 0. The minimum atomic E-state index is -0.988. The van der Waals surface area contributed by atoms with Crippen molar-refractivity contribution in [3.8, 4) is 11.5 Å². The molecule has 0 aliphatic carbocycles. The van der Waals surface area contributed by atoms with E-state index in [4.69, 9.17) is 15.2 Å². The van der Waals surface area contributed by atoms with Crippen molar-refractivity contribution in [3.05, 3.63) is 59.7 Å². The monoisotopic (exact) mass is 279 g/mol. The van der Waals surface area contributed by atoms with Crippen LogP contribution < -0.4 is 15.2 Å². The minimum Gasteiger partial charge on any atom is -0.490 e. The number of hydrogen-bond acceptors (Lipinski definition) is 3. The number of hydrogen-bond donors (Lipinski definition) is 1. The molecule has 2 aromatic rings. The lowest BCUT2D eigenvalue weighted by Gasteiger charge is -2.09. The minimum absolute atomic E-state index is 0.118. The van der Waals surface area contributed by atoms with Gasteiger partial charge in [-0.2, -0.15) is 4.39 Å². The van der Waals surface area contributed by atoms with Crippen LogP contribution in [0.3, 0.4) is 0 Å². The Morgan fingerprint density at radius 2 is 1.70 bits per heavy atom. The smallest absolute Gasteiger partial charge is 0.200 e. The molecule has 0 unspecified atom stereocenters. The number of rotatable bonds is 6. The van der Waals surface area contributed by atoms with E-state index >= 15 is 0 Å². The largest absolute Gasteiger partial charge is 0.490 e. The Bertz CT molecular complexity index is 576. The van der Waals surface area contributed by atoms with Crippen LogP contribution in [0.25, 0.3) is 0 Å². The Balaban J connectivity index is 1.83. The first kappa shape index (κ1) is 14.3. The molecule has 0 bridgehead atoms. The molecule has 0 saturated carbocycles. The zero-order valence-corrected chi connectivity index (χ0v) is 10.8. The molecular formula is C15H15F2NO2. The number of ether oxygens (including phenoxy) is 2. The average molecular weight is 279 g/mol. The Kier molecular flexibility index (Phi) is 4.90. The molecule has 2 aromatic carbocycles. The second-order valence-electron chi connectivity index (χ2n) is 4.10. The van der Waals surface area contributed by atoms with Gasteiger partial charge < -0.3 is 15.2 Å². The number of halogens is 2. The van der Waals surface area contributed by atoms with Gasteiger partial charge in [0.1, 0.15) is 19.0 Å². The third kappa shape index (κ3) is 3.68. The van der Waals surface area contributed by atoms with Gasteiger partial charge in [0.05, 0.1) is 0 Å². The fourth-order valence-corrected chi connectivity index (χ4v) is 1.67. The fraction of sp³-hybridized carbons (Fsp3) is 0.200. The maximum Gasteiger partial charge on any atom is 0.200 e. The average Bonchev–Trinajstić information content (AvgIpc) is 2.48. The molecule has 0 fully saturated rings. The first-order chi connectivity index (χ1) is 9.70. The van der Waals surface area contributed by atoms with E-state index in [-0.39, 0.29) is 19.0 Å². The van der Waals surface area contributed by atoms with Crippen molar-refractivity contribution in [1.29, 1.82) is 0 Å². The molecule has 3 nitrogen and oxygen atoms in total. The molecule has 2 N–H and O–H groups in total. The number of nitrogens with two attached hydrogens (primary N) is 1. The molecule has 0 saturated heterocycles. The van der Waals surface area contributed by atoms with Gasteiger partial charge in [-0.05, 0) is 29.8 Å². The second kappa shape index (κ2) is 6.86. The molecule has 2 rings (SSSR count). The van der Waals surface area contributed by atoms with Crippen molar-refractivity contribution in [3.63, 3.8) is 0 Å². The molecule has 0 aliphatic heterocycles. The van der Waals surface area contributed by atoms with Crippen molar-refractivity contribution in [1.82, 2.24) is 0 Å². The predicted molar refractivity (Wildman–Crippen MR) is 71.7 cm³/mol. The van der Waals surface area contributed by atoms with E-state index in [1.165, 1.54) is 12.1 Å². The summed E-state index contributed by atoms with van der Waals surface area (Å²) in [6.07, 6.45) is 0. The summed E-state index contributed by atoms with van der Waals surface area (Å²) < 4.78 is 36.8. The van der Waals surface area contributed by atoms with Crippen LogP contribution in [0.1, 0.15) is 5.56 Å². The first-order valence-corrected chi connectivity index (χ1v) is 6.19. The van der Waals surface area contributed by atoms with Crippen LogP contribution in [0.2, 0.25) is 0 Å². The Morgan fingerprint density at radius 3 is 2.50 bits per heavy atom. The van der Waals surface area contributed by atoms with Gasteiger partial charge in [-0.15, -0.1) is 0 Å². The molecule has 5 heteroatoms. The van der Waals surface area contributed by atoms with Crippen LogP contribution in [0.15, 0.2) is 42.5 Å². The normalized spacial score (nSPS) is 10.3. The topological polar surface area (TPSA) is 44.5 Å². The molecule has 0 radical (unpaired) electrons. The molecule has 0 amide bonds. The first-order valence-electron chi connectivity index (χ1n) is 6.19. The predicted octanol–water partition coefficient (Wildman–Crippen LogP) is 2.88. The molecule has 106 valence electrons. The van der Waals surface area contributed by atoms with Crippen LogP contribution in [0, 0.1) is 11.6 Å². The van der Waals surface area contributed by atoms with Gasteiger partial charge in [0.15, 0.2) is 11.6 Å². The Morgan fingerprint density at radius 1 is 0.950 bits per heavy atom. The highest BCUT2D eigenvalue weighted by molar-refractivity contribution is 5.28. The van der Waals surface area contributed by atoms with Crippen molar-refractivity contribution in [2.45, 2.75) is 6.54 Å². The van der Waals surface area contributed by atoms with Gasteiger partial charge in [-0.25, -0.2) is 4.39 Å². The highest BCUT2D eigenvalue weighted by atomic mass is 19.2. The SMILES string of the molecule is NCc1cccc(OCCOc2cccc(F)c2F)c1. The van der Waals surface area contributed by atoms with Crippen molar-refractivity contribution >= 4 is 0 Å². The van der Waals surface area contributed by atoms with E-state index in [0.717, 1.165) is 11.6 Å². The van der Waals surface area contributed by atoms with Crippen LogP contribution in [-0.4, -0.2) is 13.2 Å². The summed E-state index contributed by atoms with van der Waals surface area (Å²) >= 11 is 0. The third-order valence-corrected chi connectivity index (χ3v) is 2.66. The quantitative estimate of drug-likeness (QED) is 0.827. The molecule has 0 spiro atoms. The lowest BCUT2D eigenvalue weighted by atomic mass is 10.2. The van der Waals surface area contributed by atoms with Crippen LogP contribution in [0.4, 0.5) is 8.78 Å². The van der Waals surface area contributed by atoms with Crippen LogP contribution in [0.5, 0.6) is 11.5 Å². The Labute approximate surface area is 115 Å². The summed E-state index contributed by atoms with van der Waals surface area (Å²) in [5.41, 5.74) is 6.48. The maximum absolute atomic E-state index is 13.3. The number of benzene rings is 2. The van der Waals surface area contributed by atoms with Gasteiger partial charge in [0, 0.05) is 6.54 Å². The summed E-state index contributed by atoms with van der Waals surface area (Å²) in [6.45, 7) is 0.777. The maximum atomic E-state index is 13.3. The van der Waals surface area contributed by atoms with Gasteiger partial charge >= 0.3 is 0 Å². The molecular weight excluding hydrogens is 264 g/mol. The van der Waals surface area contributed by atoms with E-state index in [2.05, 4.69) is 0 Å². The summed E-state index contributed by atoms with van der Waals surface area (Å²) in [6, 6.07) is 11.1. The molecule has 0 aromatic heterocycles. The highest BCUT2D eigenvalue weighted by Gasteiger charge is 2.08. The Hall–Kier alpha value is -2.14. The van der Waals surface area contributed by atoms with Crippen molar-refractivity contribution < 1.29 is 18.3 Å². The lowest BCUT2D eigenvalue weighted by Crippen LogP contribution is -2.10. The van der Waals surface area contributed by atoms with Crippen LogP contribution >= 0.6 is 0 Å². The van der Waals surface area contributed by atoms with Gasteiger partial charge in [0.25, 0.3) is 0 Å². The van der Waals surface area contributed by atoms with E-state index < -0.39 is 11.6 Å². The fourth-order valence-electron chi connectivity index (χ4n) is 1.67. The standard InChI is InChI=1S/C15H15F2NO2/c16-13-5-2-6-14(15(13)17)20-8-7-19-12-4-1-3-11(9-12)10-18/h1-6,9H,7-8,10,18H2. The van der Waals surface area contributed by atoms with Crippen molar-refractivity contribution in [2.24, 2.45) is 5.73 Å². The van der Waals surface area contributed by atoms with Crippen molar-refractivity contribution in [2.75, 3.05) is 13.2 Å². The molecule has 0 heterocycles. The summed E-state index contributed by atoms with van der Waals surface area (Å²) in [4.78, 5) is 0. The van der Waals surface area contributed by atoms with Gasteiger partial charge in [0.2, 0.25) is 5.82 Å². The second-order valence-corrected chi connectivity index (χ2v) is 4.10. The van der Waals surface area contributed by atoms with E-state index in [9.17, 15) is 8.78 Å². The van der Waals surface area contributed by atoms with Gasteiger partial charge in [-0.1, -0.05) is 18.2 Å². The summed E-state index contributed by atoms with van der Waals surface area (Å²) in [5.74, 6) is -1.38. The zero-order valence-electron chi connectivity index (χ0n) is 10.8.